The van der Waals surface area contributed by atoms with Gasteiger partial charge in [0.1, 0.15) is 12.3 Å². The molecule has 3 aromatic heterocycles. The van der Waals surface area contributed by atoms with Crippen LogP contribution in [0.2, 0.25) is 0 Å². The van der Waals surface area contributed by atoms with Gasteiger partial charge in [0.25, 0.3) is 0 Å². The summed E-state index contributed by atoms with van der Waals surface area (Å²) in [6.45, 7) is 2.18. The zero-order chi connectivity index (χ0) is 13.9. The molecule has 0 spiro atoms. The number of carbonyl (C=O) groups excluding carboxylic acids is 1. The van der Waals surface area contributed by atoms with Crippen molar-refractivity contribution in [3.8, 4) is 0 Å². The Morgan fingerprint density at radius 3 is 3.05 bits per heavy atom. The lowest BCUT2D eigenvalue weighted by Crippen LogP contribution is -2.08. The van der Waals surface area contributed by atoms with Crippen LogP contribution < -0.4 is 0 Å². The summed E-state index contributed by atoms with van der Waals surface area (Å²) in [5.74, 6) is -0.210. The minimum absolute atomic E-state index is 0.210. The molecule has 0 aliphatic heterocycles. The van der Waals surface area contributed by atoms with Crippen molar-refractivity contribution in [3.05, 3.63) is 58.2 Å². The molecule has 0 aromatic carbocycles. The molecule has 0 unspecified atom stereocenters. The van der Waals surface area contributed by atoms with Crippen molar-refractivity contribution in [1.29, 1.82) is 0 Å². The van der Waals surface area contributed by atoms with E-state index in [-0.39, 0.29) is 12.6 Å². The van der Waals surface area contributed by atoms with Crippen LogP contribution in [0.5, 0.6) is 0 Å². The first kappa shape index (κ1) is 12.9. The van der Waals surface area contributed by atoms with Crippen LogP contribution in [-0.2, 0) is 22.6 Å². The second-order valence-corrected chi connectivity index (χ2v) is 5.52. The highest BCUT2D eigenvalue weighted by atomic mass is 32.1. The summed E-state index contributed by atoms with van der Waals surface area (Å²) < 4.78 is 7.31. The van der Waals surface area contributed by atoms with Gasteiger partial charge >= 0.3 is 5.97 Å². The predicted molar refractivity (Wildman–Crippen MR) is 77.7 cm³/mol. The quantitative estimate of drug-likeness (QED) is 0.692. The number of pyridine rings is 1. The van der Waals surface area contributed by atoms with Gasteiger partial charge in [0.2, 0.25) is 0 Å². The lowest BCUT2D eigenvalue weighted by molar-refractivity contribution is -0.144. The van der Waals surface area contributed by atoms with E-state index in [0.29, 0.717) is 6.42 Å². The number of nitrogens with zero attached hydrogens (tertiary/aromatic N) is 2. The minimum atomic E-state index is -0.210. The summed E-state index contributed by atoms with van der Waals surface area (Å²) in [5.41, 5.74) is 2.68. The highest BCUT2D eigenvalue weighted by Crippen LogP contribution is 2.14. The van der Waals surface area contributed by atoms with E-state index in [2.05, 4.69) is 4.98 Å². The number of imidazole rings is 1. The molecule has 5 heteroatoms. The van der Waals surface area contributed by atoms with Crippen molar-refractivity contribution in [2.45, 2.75) is 20.0 Å². The Bertz CT molecular complexity index is 732. The van der Waals surface area contributed by atoms with Crippen LogP contribution in [0.3, 0.4) is 0 Å². The summed E-state index contributed by atoms with van der Waals surface area (Å²) in [7, 11) is 0. The topological polar surface area (TPSA) is 43.6 Å². The van der Waals surface area contributed by atoms with Crippen LogP contribution in [-0.4, -0.2) is 15.4 Å². The smallest absolute Gasteiger partial charge is 0.311 e. The summed E-state index contributed by atoms with van der Waals surface area (Å²) >= 11 is 1.56. The third-order valence-corrected chi connectivity index (χ3v) is 3.97. The lowest BCUT2D eigenvalue weighted by atomic mass is 10.3. The van der Waals surface area contributed by atoms with Gasteiger partial charge in [-0.3, -0.25) is 4.79 Å². The molecule has 4 nitrogen and oxygen atoms in total. The van der Waals surface area contributed by atoms with Gasteiger partial charge < -0.3 is 9.14 Å². The van der Waals surface area contributed by atoms with Gasteiger partial charge in [-0.2, -0.15) is 0 Å². The van der Waals surface area contributed by atoms with Gasteiger partial charge in [-0.25, -0.2) is 4.98 Å². The molecule has 102 valence electrons. The van der Waals surface area contributed by atoms with E-state index < -0.39 is 0 Å². The Balaban J connectivity index is 1.70. The zero-order valence-corrected chi connectivity index (χ0v) is 11.9. The number of carbonyl (C=O) groups is 1. The Hall–Kier alpha value is -2.14. The highest BCUT2D eigenvalue weighted by molar-refractivity contribution is 7.10. The van der Waals surface area contributed by atoms with Crippen molar-refractivity contribution in [1.82, 2.24) is 9.38 Å². The molecule has 3 aromatic rings. The van der Waals surface area contributed by atoms with Crippen LogP contribution >= 0.6 is 11.3 Å². The number of hydrogen-bond donors (Lipinski definition) is 0. The third kappa shape index (κ3) is 2.58. The maximum Gasteiger partial charge on any atom is 0.311 e. The molecule has 3 rings (SSSR count). The van der Waals surface area contributed by atoms with E-state index in [1.165, 1.54) is 0 Å². The number of hydrogen-bond acceptors (Lipinski definition) is 4. The number of rotatable bonds is 4. The van der Waals surface area contributed by atoms with E-state index >= 15 is 0 Å². The minimum Gasteiger partial charge on any atom is -0.459 e. The molecule has 0 fully saturated rings. The standard InChI is InChI=1S/C15H14N2O2S/c1-11-13(17-7-3-2-6-14(17)16-11)10-19-15(18)9-12-5-4-8-20-12/h2-8H,9-10H2,1H3. The maximum atomic E-state index is 11.8. The number of esters is 1. The monoisotopic (exact) mass is 286 g/mol. The Kier molecular flexibility index (Phi) is 3.52. The van der Waals surface area contributed by atoms with E-state index in [1.807, 2.05) is 53.2 Å². The van der Waals surface area contributed by atoms with E-state index in [1.54, 1.807) is 11.3 Å². The molecule has 0 bridgehead atoms. The first-order chi connectivity index (χ1) is 9.74. The largest absolute Gasteiger partial charge is 0.459 e. The first-order valence-electron chi connectivity index (χ1n) is 6.34. The normalized spacial score (nSPS) is 10.8. The number of ether oxygens (including phenoxy) is 1. The maximum absolute atomic E-state index is 11.8. The third-order valence-electron chi connectivity index (χ3n) is 3.10. The van der Waals surface area contributed by atoms with Gasteiger partial charge in [0.15, 0.2) is 0 Å². The van der Waals surface area contributed by atoms with Crippen LogP contribution in [0.15, 0.2) is 41.9 Å². The molecule has 20 heavy (non-hydrogen) atoms. The van der Waals surface area contributed by atoms with E-state index in [4.69, 9.17) is 4.74 Å². The molecule has 0 aliphatic rings. The zero-order valence-electron chi connectivity index (χ0n) is 11.1. The Morgan fingerprint density at radius 2 is 2.25 bits per heavy atom. The molecule has 0 saturated heterocycles. The van der Waals surface area contributed by atoms with Crippen molar-refractivity contribution >= 4 is 23.0 Å². The SMILES string of the molecule is Cc1nc2ccccn2c1COC(=O)Cc1cccs1. The fourth-order valence-electron chi connectivity index (χ4n) is 2.09. The van der Waals surface area contributed by atoms with Gasteiger partial charge in [-0.1, -0.05) is 12.1 Å². The summed E-state index contributed by atoms with van der Waals surface area (Å²) in [5, 5.41) is 1.96. The van der Waals surface area contributed by atoms with Crippen molar-refractivity contribution in [3.63, 3.8) is 0 Å². The van der Waals surface area contributed by atoms with Crippen molar-refractivity contribution in [2.75, 3.05) is 0 Å². The number of aromatic nitrogens is 2. The summed E-state index contributed by atoms with van der Waals surface area (Å²) in [6, 6.07) is 9.68. The Morgan fingerprint density at radius 1 is 1.35 bits per heavy atom. The fraction of sp³-hybridized carbons (Fsp3) is 0.200. The average Bonchev–Trinajstić information content (AvgIpc) is 3.03. The molecular weight excluding hydrogens is 272 g/mol. The summed E-state index contributed by atoms with van der Waals surface area (Å²) in [6.07, 6.45) is 2.26. The molecule has 0 aliphatic carbocycles. The van der Waals surface area contributed by atoms with Gasteiger partial charge in [0.05, 0.1) is 17.8 Å². The molecule has 0 amide bonds. The number of thiophene rings is 1. The van der Waals surface area contributed by atoms with Crippen LogP contribution in [0, 0.1) is 6.92 Å². The van der Waals surface area contributed by atoms with Crippen LogP contribution in [0.4, 0.5) is 0 Å². The molecular formula is C15H14N2O2S. The van der Waals surface area contributed by atoms with Gasteiger partial charge in [-0.05, 0) is 30.5 Å². The Labute approximate surface area is 120 Å². The molecule has 0 saturated carbocycles. The van der Waals surface area contributed by atoms with Crippen LogP contribution in [0.25, 0.3) is 5.65 Å². The van der Waals surface area contributed by atoms with Crippen molar-refractivity contribution in [2.24, 2.45) is 0 Å². The predicted octanol–water partition coefficient (Wildman–Crippen LogP) is 2.99. The molecule has 0 N–H and O–H groups in total. The fourth-order valence-corrected chi connectivity index (χ4v) is 2.78. The second kappa shape index (κ2) is 5.46. The van der Waals surface area contributed by atoms with Crippen molar-refractivity contribution < 1.29 is 9.53 Å². The molecule has 0 radical (unpaired) electrons. The summed E-state index contributed by atoms with van der Waals surface area (Å²) in [4.78, 5) is 17.3. The van der Waals surface area contributed by atoms with Gasteiger partial charge in [-0.15, -0.1) is 11.3 Å². The van der Waals surface area contributed by atoms with E-state index in [0.717, 1.165) is 21.9 Å². The second-order valence-electron chi connectivity index (χ2n) is 4.49. The highest BCUT2D eigenvalue weighted by Gasteiger charge is 2.11. The van der Waals surface area contributed by atoms with Gasteiger partial charge in [0, 0.05) is 11.1 Å². The molecule has 3 heterocycles. The van der Waals surface area contributed by atoms with Crippen LogP contribution in [0.1, 0.15) is 16.3 Å². The lowest BCUT2D eigenvalue weighted by Gasteiger charge is -2.05. The first-order valence-corrected chi connectivity index (χ1v) is 7.22. The van der Waals surface area contributed by atoms with E-state index in [9.17, 15) is 4.79 Å². The number of fused-ring (bicyclic) bond motifs is 1. The average molecular weight is 286 g/mol. The molecule has 0 atom stereocenters. The number of aryl methyl sites for hydroxylation is 1.